The molecule has 118 valence electrons. The predicted molar refractivity (Wildman–Crippen MR) is 86.6 cm³/mol. The Morgan fingerprint density at radius 1 is 1.45 bits per heavy atom. The quantitative estimate of drug-likeness (QED) is 0.827. The second-order valence-electron chi connectivity index (χ2n) is 5.91. The van der Waals surface area contributed by atoms with E-state index in [-0.39, 0.29) is 11.4 Å². The number of aromatic amines is 1. The van der Waals surface area contributed by atoms with Crippen LogP contribution in [0.3, 0.4) is 0 Å². The normalized spacial score (nSPS) is 17.0. The fourth-order valence-electron chi connectivity index (χ4n) is 3.19. The first-order chi connectivity index (χ1) is 10.6. The van der Waals surface area contributed by atoms with E-state index in [1.807, 2.05) is 6.07 Å². The van der Waals surface area contributed by atoms with Gasteiger partial charge in [-0.25, -0.2) is 0 Å². The molecule has 1 fully saturated rings. The molecule has 3 rings (SSSR count). The lowest BCUT2D eigenvalue weighted by Gasteiger charge is -2.30. The maximum absolute atomic E-state index is 12.6. The third kappa shape index (κ3) is 3.08. The number of hydrogen-bond acceptors (Lipinski definition) is 4. The molecule has 5 nitrogen and oxygen atoms in total. The Balaban J connectivity index is 1.80. The first-order valence-electron chi connectivity index (χ1n) is 7.56. The highest BCUT2D eigenvalue weighted by Crippen LogP contribution is 2.33. The Hall–Kier alpha value is -1.66. The van der Waals surface area contributed by atoms with Crippen molar-refractivity contribution in [2.75, 3.05) is 13.7 Å². The third-order valence-electron chi connectivity index (χ3n) is 4.41. The molecule has 1 aliphatic carbocycles. The minimum Gasteiger partial charge on any atom is -0.429 e. The zero-order valence-corrected chi connectivity index (χ0v) is 13.4. The number of carbonyl (C=O) groups excluding carboxylic acids is 1. The van der Waals surface area contributed by atoms with E-state index in [0.717, 1.165) is 37.6 Å². The fourth-order valence-corrected chi connectivity index (χ4v) is 3.39. The largest absolute Gasteiger partial charge is 0.429 e. The van der Waals surface area contributed by atoms with Gasteiger partial charge in [0, 0.05) is 24.8 Å². The molecule has 0 spiro atoms. The van der Waals surface area contributed by atoms with E-state index in [4.69, 9.17) is 21.4 Å². The van der Waals surface area contributed by atoms with Crippen molar-refractivity contribution >= 4 is 29.2 Å². The summed E-state index contributed by atoms with van der Waals surface area (Å²) in [4.78, 5) is 15.8. The lowest BCUT2D eigenvalue weighted by molar-refractivity contribution is 0.0865. The molecule has 0 saturated heterocycles. The predicted octanol–water partition coefficient (Wildman–Crippen LogP) is 3.57. The molecule has 0 aliphatic heterocycles. The van der Waals surface area contributed by atoms with Crippen LogP contribution in [0.5, 0.6) is 0 Å². The van der Waals surface area contributed by atoms with Crippen LogP contribution in [0.25, 0.3) is 11.1 Å². The second-order valence-corrected chi connectivity index (χ2v) is 6.28. The summed E-state index contributed by atoms with van der Waals surface area (Å²) in [6.07, 6.45) is 5.16. The molecule has 2 N–H and O–H groups in total. The first-order valence-corrected chi connectivity index (χ1v) is 7.97. The summed E-state index contributed by atoms with van der Waals surface area (Å²) < 4.78 is 10.6. The lowest BCUT2D eigenvalue weighted by Crippen LogP contribution is -2.47. The number of H-pyrrole nitrogens is 1. The minimum atomic E-state index is -0.138. The number of amides is 1. The van der Waals surface area contributed by atoms with E-state index >= 15 is 0 Å². The molecule has 0 unspecified atom stereocenters. The number of fused-ring (bicyclic) bond motifs is 1. The summed E-state index contributed by atoms with van der Waals surface area (Å²) in [7, 11) is 1.69. The van der Waals surface area contributed by atoms with Gasteiger partial charge < -0.3 is 19.5 Å². The molecule has 22 heavy (non-hydrogen) atoms. The minimum absolute atomic E-state index is 0.0674. The van der Waals surface area contributed by atoms with E-state index in [9.17, 15) is 4.79 Å². The Kier molecular flexibility index (Phi) is 4.31. The highest BCUT2D eigenvalue weighted by Gasteiger charge is 2.35. The van der Waals surface area contributed by atoms with E-state index in [1.165, 1.54) is 0 Å². The molecule has 1 aliphatic rings. The number of hydrogen-bond donors (Lipinski definition) is 2. The fraction of sp³-hybridized carbons (Fsp3) is 0.500. The van der Waals surface area contributed by atoms with Crippen LogP contribution in [-0.2, 0) is 4.74 Å². The van der Waals surface area contributed by atoms with Crippen LogP contribution in [0.1, 0.15) is 42.5 Å². The number of aromatic nitrogens is 1. The van der Waals surface area contributed by atoms with E-state index in [0.29, 0.717) is 22.6 Å². The van der Waals surface area contributed by atoms with Gasteiger partial charge >= 0.3 is 0 Å². The van der Waals surface area contributed by atoms with Crippen LogP contribution in [0.2, 0.25) is 0 Å². The average molecular weight is 320 g/mol. The molecule has 2 aromatic rings. The van der Waals surface area contributed by atoms with E-state index in [2.05, 4.69) is 10.3 Å². The van der Waals surface area contributed by atoms with E-state index < -0.39 is 0 Å². The Labute approximate surface area is 134 Å². The SMILES string of the molecule is COCCC1(NC(=O)c2ccc3[nH]c(=S)oc3c2)CCCC1. The molecule has 0 atom stereocenters. The Morgan fingerprint density at radius 2 is 2.23 bits per heavy atom. The number of oxazole rings is 1. The van der Waals surface area contributed by atoms with Gasteiger partial charge in [-0.1, -0.05) is 12.8 Å². The average Bonchev–Trinajstić information content (AvgIpc) is 3.10. The maximum Gasteiger partial charge on any atom is 0.266 e. The van der Waals surface area contributed by atoms with Crippen molar-refractivity contribution in [3.8, 4) is 0 Å². The molecule has 1 aromatic heterocycles. The van der Waals surface area contributed by atoms with Crippen molar-refractivity contribution in [1.82, 2.24) is 10.3 Å². The summed E-state index contributed by atoms with van der Waals surface area (Å²) in [6, 6.07) is 5.34. The van der Waals surface area contributed by atoms with Crippen molar-refractivity contribution in [3.05, 3.63) is 28.6 Å². The standard InChI is InChI=1S/C16H20N2O3S/c1-20-9-8-16(6-2-3-7-16)18-14(19)11-4-5-12-13(10-11)21-15(22)17-12/h4-5,10H,2-3,6-9H2,1H3,(H,17,22)(H,18,19). The molecule has 1 saturated carbocycles. The maximum atomic E-state index is 12.6. The summed E-state index contributed by atoms with van der Waals surface area (Å²) in [5, 5.41) is 3.22. The van der Waals surface area contributed by atoms with E-state index in [1.54, 1.807) is 19.2 Å². The van der Waals surface area contributed by atoms with Crippen molar-refractivity contribution in [2.45, 2.75) is 37.6 Å². The Morgan fingerprint density at radius 3 is 2.95 bits per heavy atom. The molecule has 0 radical (unpaired) electrons. The van der Waals surface area contributed by atoms with Crippen molar-refractivity contribution in [2.24, 2.45) is 0 Å². The van der Waals surface area contributed by atoms with Gasteiger partial charge in [0.25, 0.3) is 10.7 Å². The van der Waals surface area contributed by atoms with Gasteiger partial charge in [-0.2, -0.15) is 0 Å². The van der Waals surface area contributed by atoms with Gasteiger partial charge in [-0.3, -0.25) is 4.79 Å². The van der Waals surface area contributed by atoms with Crippen LogP contribution in [0.15, 0.2) is 22.6 Å². The molecular weight excluding hydrogens is 300 g/mol. The van der Waals surface area contributed by atoms with Gasteiger partial charge in [0.15, 0.2) is 5.58 Å². The lowest BCUT2D eigenvalue weighted by atomic mass is 9.93. The highest BCUT2D eigenvalue weighted by atomic mass is 32.1. The molecule has 1 heterocycles. The monoisotopic (exact) mass is 320 g/mol. The van der Waals surface area contributed by atoms with Crippen LogP contribution in [0.4, 0.5) is 0 Å². The van der Waals surface area contributed by atoms with Crippen molar-refractivity contribution < 1.29 is 13.9 Å². The first kappa shape index (κ1) is 15.2. The van der Waals surface area contributed by atoms with Gasteiger partial charge in [-0.05, 0) is 49.7 Å². The second kappa shape index (κ2) is 6.22. The topological polar surface area (TPSA) is 67.3 Å². The number of methoxy groups -OCH3 is 1. The summed E-state index contributed by atoms with van der Waals surface area (Å²) in [5.41, 5.74) is 1.86. The van der Waals surface area contributed by atoms with Crippen molar-refractivity contribution in [1.29, 1.82) is 0 Å². The number of nitrogens with one attached hydrogen (secondary N) is 2. The molecule has 0 bridgehead atoms. The third-order valence-corrected chi connectivity index (χ3v) is 4.59. The number of benzene rings is 1. The zero-order valence-electron chi connectivity index (χ0n) is 12.6. The van der Waals surface area contributed by atoms with Crippen LogP contribution in [-0.4, -0.2) is 30.1 Å². The van der Waals surface area contributed by atoms with Crippen molar-refractivity contribution in [3.63, 3.8) is 0 Å². The zero-order chi connectivity index (χ0) is 15.6. The van der Waals surface area contributed by atoms with Gasteiger partial charge in [0.2, 0.25) is 0 Å². The number of carbonyl (C=O) groups is 1. The van der Waals surface area contributed by atoms with Crippen LogP contribution in [0, 0.1) is 4.84 Å². The molecular formula is C16H20N2O3S. The van der Waals surface area contributed by atoms with Gasteiger partial charge in [-0.15, -0.1) is 0 Å². The van der Waals surface area contributed by atoms with Crippen LogP contribution < -0.4 is 5.32 Å². The molecule has 6 heteroatoms. The van der Waals surface area contributed by atoms with Crippen LogP contribution >= 0.6 is 12.2 Å². The summed E-state index contributed by atoms with van der Waals surface area (Å²) in [6.45, 7) is 0.659. The number of ether oxygens (including phenoxy) is 1. The summed E-state index contributed by atoms with van der Waals surface area (Å²) in [5.74, 6) is -0.0674. The highest BCUT2D eigenvalue weighted by molar-refractivity contribution is 7.71. The summed E-state index contributed by atoms with van der Waals surface area (Å²) >= 11 is 4.97. The Bertz CT molecular complexity index is 728. The molecule has 1 aromatic carbocycles. The molecule has 1 amide bonds. The van der Waals surface area contributed by atoms with Gasteiger partial charge in [0.1, 0.15) is 0 Å². The number of rotatable bonds is 5. The van der Waals surface area contributed by atoms with Gasteiger partial charge in [0.05, 0.1) is 5.52 Å². The smallest absolute Gasteiger partial charge is 0.266 e.